The van der Waals surface area contributed by atoms with Crippen molar-refractivity contribution in [1.82, 2.24) is 0 Å². The number of thioether (sulfide) groups is 1. The van der Waals surface area contributed by atoms with Gasteiger partial charge in [0.2, 0.25) is 6.79 Å². The standard InChI is InChI=1S/C8H6N2O2S/c9-3-13-8-2-7-6(1-5(8)10)11-4-12-7/h1-2H,4,10H2. The molecule has 0 bridgehead atoms. The molecule has 1 heterocycles. The molecule has 0 radical (unpaired) electrons. The number of nitrogen functional groups attached to an aromatic ring is 1. The third kappa shape index (κ3) is 1.36. The molecule has 4 nitrogen and oxygen atoms in total. The van der Waals surface area contributed by atoms with Gasteiger partial charge in [-0.2, -0.15) is 5.26 Å². The van der Waals surface area contributed by atoms with Gasteiger partial charge in [0.25, 0.3) is 0 Å². The molecule has 2 rings (SSSR count). The largest absolute Gasteiger partial charge is 0.454 e. The van der Waals surface area contributed by atoms with Crippen LogP contribution in [0.25, 0.3) is 0 Å². The summed E-state index contributed by atoms with van der Waals surface area (Å²) in [6.07, 6.45) is 0. The van der Waals surface area contributed by atoms with Crippen LogP contribution in [0.3, 0.4) is 0 Å². The number of fused-ring (bicyclic) bond motifs is 1. The molecule has 0 unspecified atom stereocenters. The van der Waals surface area contributed by atoms with Gasteiger partial charge < -0.3 is 15.2 Å². The number of ether oxygens (including phenoxy) is 2. The van der Waals surface area contributed by atoms with Crippen LogP contribution in [0.1, 0.15) is 0 Å². The minimum absolute atomic E-state index is 0.218. The van der Waals surface area contributed by atoms with Crippen LogP contribution >= 0.6 is 11.8 Å². The number of hydrogen-bond donors (Lipinski definition) is 1. The predicted octanol–water partition coefficient (Wildman–Crippen LogP) is 1.57. The molecule has 0 spiro atoms. The first-order valence-electron chi connectivity index (χ1n) is 3.56. The zero-order valence-corrected chi connectivity index (χ0v) is 7.43. The number of anilines is 1. The molecule has 0 saturated heterocycles. The Bertz CT molecular complexity index is 386. The van der Waals surface area contributed by atoms with Crippen molar-refractivity contribution in [3.8, 4) is 16.9 Å². The predicted molar refractivity (Wildman–Crippen MR) is 48.4 cm³/mol. The number of rotatable bonds is 1. The van der Waals surface area contributed by atoms with Crippen LogP contribution < -0.4 is 15.2 Å². The maximum absolute atomic E-state index is 8.48. The average molecular weight is 194 g/mol. The van der Waals surface area contributed by atoms with Gasteiger partial charge in [-0.05, 0) is 11.8 Å². The second kappa shape index (κ2) is 3.07. The highest BCUT2D eigenvalue weighted by Gasteiger charge is 2.15. The molecule has 13 heavy (non-hydrogen) atoms. The molecule has 1 aliphatic rings. The highest BCUT2D eigenvalue weighted by atomic mass is 32.2. The first-order valence-corrected chi connectivity index (χ1v) is 4.38. The fourth-order valence-electron chi connectivity index (χ4n) is 1.08. The first-order chi connectivity index (χ1) is 6.31. The summed E-state index contributed by atoms with van der Waals surface area (Å²) < 4.78 is 10.3. The number of nitrogens with zero attached hydrogens (tertiary/aromatic N) is 1. The van der Waals surface area contributed by atoms with Crippen molar-refractivity contribution >= 4 is 17.4 Å². The van der Waals surface area contributed by atoms with Crippen LogP contribution in [-0.2, 0) is 0 Å². The van der Waals surface area contributed by atoms with Crippen LogP contribution in [0, 0.1) is 10.7 Å². The summed E-state index contributed by atoms with van der Waals surface area (Å²) in [5.41, 5.74) is 6.21. The van der Waals surface area contributed by atoms with Crippen molar-refractivity contribution in [2.75, 3.05) is 12.5 Å². The number of hydrogen-bond acceptors (Lipinski definition) is 5. The van der Waals surface area contributed by atoms with E-state index in [2.05, 4.69) is 0 Å². The second-order valence-electron chi connectivity index (χ2n) is 2.44. The van der Waals surface area contributed by atoms with Crippen LogP contribution in [0.4, 0.5) is 5.69 Å². The van der Waals surface area contributed by atoms with Crippen molar-refractivity contribution in [2.24, 2.45) is 0 Å². The van der Waals surface area contributed by atoms with Crippen LogP contribution in [0.2, 0.25) is 0 Å². The molecular formula is C8H6N2O2S. The Morgan fingerprint density at radius 3 is 2.77 bits per heavy atom. The third-order valence-electron chi connectivity index (χ3n) is 1.66. The topological polar surface area (TPSA) is 68.3 Å². The van der Waals surface area contributed by atoms with Gasteiger partial charge in [-0.25, -0.2) is 0 Å². The molecule has 0 aromatic heterocycles. The van der Waals surface area contributed by atoms with E-state index in [9.17, 15) is 0 Å². The summed E-state index contributed by atoms with van der Waals surface area (Å²) in [4.78, 5) is 0.701. The molecule has 5 heteroatoms. The van der Waals surface area contributed by atoms with Crippen LogP contribution in [0.15, 0.2) is 17.0 Å². The normalized spacial score (nSPS) is 12.5. The SMILES string of the molecule is N#CSc1cc2c(cc1N)OCO2. The minimum atomic E-state index is 0.218. The Kier molecular flexibility index (Phi) is 1.91. The molecule has 66 valence electrons. The summed E-state index contributed by atoms with van der Waals surface area (Å²) in [7, 11) is 0. The van der Waals surface area contributed by atoms with E-state index in [0.717, 1.165) is 11.8 Å². The maximum atomic E-state index is 8.48. The van der Waals surface area contributed by atoms with Gasteiger partial charge in [0, 0.05) is 17.0 Å². The van der Waals surface area contributed by atoms with E-state index in [1.165, 1.54) is 0 Å². The van der Waals surface area contributed by atoms with Gasteiger partial charge in [-0.3, -0.25) is 0 Å². The average Bonchev–Trinajstić information content (AvgIpc) is 2.52. The Morgan fingerprint density at radius 1 is 1.38 bits per heavy atom. The Hall–Kier alpha value is -1.54. The van der Waals surface area contributed by atoms with E-state index in [1.807, 2.05) is 5.40 Å². The summed E-state index contributed by atoms with van der Waals surface area (Å²) in [6.45, 7) is 0.218. The zero-order chi connectivity index (χ0) is 9.26. The van der Waals surface area contributed by atoms with Gasteiger partial charge >= 0.3 is 0 Å². The number of nitrogens with two attached hydrogens (primary N) is 1. The highest BCUT2D eigenvalue weighted by molar-refractivity contribution is 8.03. The maximum Gasteiger partial charge on any atom is 0.231 e. The monoisotopic (exact) mass is 194 g/mol. The van der Waals surface area contributed by atoms with Crippen LogP contribution in [-0.4, -0.2) is 6.79 Å². The number of nitriles is 1. The van der Waals surface area contributed by atoms with Crippen molar-refractivity contribution in [2.45, 2.75) is 4.90 Å². The lowest BCUT2D eigenvalue weighted by Crippen LogP contribution is -1.92. The fourth-order valence-corrected chi connectivity index (χ4v) is 1.52. The molecule has 1 aromatic rings. The van der Waals surface area contributed by atoms with Gasteiger partial charge in [-0.1, -0.05) is 0 Å². The van der Waals surface area contributed by atoms with Gasteiger partial charge in [0.15, 0.2) is 11.5 Å². The molecular weight excluding hydrogens is 188 g/mol. The van der Waals surface area contributed by atoms with Crippen molar-refractivity contribution in [3.63, 3.8) is 0 Å². The Morgan fingerprint density at radius 2 is 2.08 bits per heavy atom. The van der Waals surface area contributed by atoms with E-state index in [4.69, 9.17) is 20.5 Å². The Balaban J connectivity index is 2.44. The van der Waals surface area contributed by atoms with E-state index in [1.54, 1.807) is 12.1 Å². The van der Waals surface area contributed by atoms with Gasteiger partial charge in [0.05, 0.1) is 5.69 Å². The van der Waals surface area contributed by atoms with Crippen molar-refractivity contribution in [3.05, 3.63) is 12.1 Å². The summed E-state index contributed by atoms with van der Waals surface area (Å²) in [5.74, 6) is 1.28. The van der Waals surface area contributed by atoms with Gasteiger partial charge in [-0.15, -0.1) is 0 Å². The summed E-state index contributed by atoms with van der Waals surface area (Å²) in [6, 6.07) is 3.38. The van der Waals surface area contributed by atoms with E-state index < -0.39 is 0 Å². The molecule has 0 aliphatic carbocycles. The van der Waals surface area contributed by atoms with E-state index in [-0.39, 0.29) is 6.79 Å². The molecule has 0 atom stereocenters. The molecule has 0 saturated carbocycles. The lowest BCUT2D eigenvalue weighted by Gasteiger charge is -2.01. The third-order valence-corrected chi connectivity index (χ3v) is 2.33. The van der Waals surface area contributed by atoms with E-state index in [0.29, 0.717) is 22.1 Å². The second-order valence-corrected chi connectivity index (χ2v) is 3.26. The smallest absolute Gasteiger partial charge is 0.231 e. The number of benzene rings is 1. The molecule has 1 aliphatic heterocycles. The van der Waals surface area contributed by atoms with Crippen LogP contribution in [0.5, 0.6) is 11.5 Å². The highest BCUT2D eigenvalue weighted by Crippen LogP contribution is 2.39. The first kappa shape index (κ1) is 8.08. The summed E-state index contributed by atoms with van der Waals surface area (Å²) >= 11 is 1.01. The zero-order valence-electron chi connectivity index (χ0n) is 6.61. The van der Waals surface area contributed by atoms with E-state index >= 15 is 0 Å². The summed E-state index contributed by atoms with van der Waals surface area (Å²) in [5, 5.41) is 10.4. The van der Waals surface area contributed by atoms with Gasteiger partial charge in [0.1, 0.15) is 5.40 Å². The Labute approximate surface area is 79.2 Å². The fraction of sp³-hybridized carbons (Fsp3) is 0.125. The molecule has 1 aromatic carbocycles. The molecule has 0 amide bonds. The number of thiocyanates is 1. The van der Waals surface area contributed by atoms with Crippen molar-refractivity contribution < 1.29 is 9.47 Å². The minimum Gasteiger partial charge on any atom is -0.454 e. The molecule has 2 N–H and O–H groups in total. The lowest BCUT2D eigenvalue weighted by molar-refractivity contribution is 0.174. The lowest BCUT2D eigenvalue weighted by atomic mass is 10.3. The van der Waals surface area contributed by atoms with Crippen molar-refractivity contribution in [1.29, 1.82) is 5.26 Å². The quantitative estimate of drug-likeness (QED) is 0.417. The molecule has 0 fully saturated rings.